The highest BCUT2D eigenvalue weighted by Crippen LogP contribution is 2.00. The zero-order valence-electron chi connectivity index (χ0n) is 11.4. The lowest BCUT2D eigenvalue weighted by molar-refractivity contribution is -0.141. The van der Waals surface area contributed by atoms with Crippen LogP contribution in [-0.4, -0.2) is 52.5 Å². The summed E-state index contributed by atoms with van der Waals surface area (Å²) in [6.45, 7) is 3.56. The van der Waals surface area contributed by atoms with Gasteiger partial charge in [0.1, 0.15) is 12.1 Å². The van der Waals surface area contributed by atoms with E-state index in [0.717, 1.165) is 0 Å². The average Bonchev–Trinajstić information content (AvgIpc) is 2.39. The summed E-state index contributed by atoms with van der Waals surface area (Å²) in [5.74, 6) is -2.42. The molecule has 0 aliphatic carbocycles. The number of nitrogens with two attached hydrogens (primary N) is 1. The molecule has 0 saturated carbocycles. The topological polar surface area (TPSA) is 122 Å². The molecule has 0 aromatic rings. The standard InChI is InChI=1S/C11H21N3O4S2/c1-5(2)8(12)10(16)13-6(3-19)9(15)14-7(4-20)11(17)18/h5-8,19-20H,3-4,12H2,1-2H3,(H,13,16)(H,14,15)(H,17,18). The minimum atomic E-state index is -1.20. The molecule has 5 N–H and O–H groups in total. The summed E-state index contributed by atoms with van der Waals surface area (Å²) in [5, 5.41) is 13.5. The van der Waals surface area contributed by atoms with Crippen molar-refractivity contribution in [3.8, 4) is 0 Å². The van der Waals surface area contributed by atoms with Gasteiger partial charge >= 0.3 is 5.97 Å². The third-order valence-corrected chi connectivity index (χ3v) is 3.36. The van der Waals surface area contributed by atoms with E-state index < -0.39 is 35.9 Å². The maximum absolute atomic E-state index is 11.9. The molecule has 0 radical (unpaired) electrons. The molecule has 0 aromatic heterocycles. The fourth-order valence-corrected chi connectivity index (χ4v) is 1.73. The first-order chi connectivity index (χ1) is 9.24. The second-order valence-electron chi connectivity index (χ2n) is 4.60. The molecule has 7 nitrogen and oxygen atoms in total. The van der Waals surface area contributed by atoms with Crippen LogP contribution in [0.25, 0.3) is 0 Å². The largest absolute Gasteiger partial charge is 0.480 e. The maximum Gasteiger partial charge on any atom is 0.327 e. The lowest BCUT2D eigenvalue weighted by atomic mass is 10.0. The minimum absolute atomic E-state index is 0.0291. The molecule has 9 heteroatoms. The van der Waals surface area contributed by atoms with Gasteiger partial charge in [-0.2, -0.15) is 25.3 Å². The van der Waals surface area contributed by atoms with Crippen LogP contribution in [0.5, 0.6) is 0 Å². The number of rotatable bonds is 8. The first kappa shape index (κ1) is 19.1. The average molecular weight is 323 g/mol. The Morgan fingerprint density at radius 2 is 1.50 bits per heavy atom. The van der Waals surface area contributed by atoms with E-state index in [2.05, 4.69) is 35.9 Å². The molecule has 0 heterocycles. The number of nitrogens with one attached hydrogen (secondary N) is 2. The third kappa shape index (κ3) is 6.02. The highest BCUT2D eigenvalue weighted by Gasteiger charge is 2.27. The van der Waals surface area contributed by atoms with E-state index in [1.165, 1.54) is 0 Å². The predicted molar refractivity (Wildman–Crippen MR) is 82.0 cm³/mol. The summed E-state index contributed by atoms with van der Waals surface area (Å²) in [7, 11) is 0. The van der Waals surface area contributed by atoms with Crippen molar-refractivity contribution in [2.75, 3.05) is 11.5 Å². The molecule has 0 aliphatic heterocycles. The van der Waals surface area contributed by atoms with E-state index in [1.807, 2.05) is 0 Å². The van der Waals surface area contributed by atoms with E-state index in [4.69, 9.17) is 10.8 Å². The van der Waals surface area contributed by atoms with Gasteiger partial charge in [-0.1, -0.05) is 13.8 Å². The summed E-state index contributed by atoms with van der Waals surface area (Å²) in [4.78, 5) is 34.4. The van der Waals surface area contributed by atoms with Crippen molar-refractivity contribution in [1.29, 1.82) is 0 Å². The molecular weight excluding hydrogens is 302 g/mol. The van der Waals surface area contributed by atoms with Crippen molar-refractivity contribution in [3.05, 3.63) is 0 Å². The lowest BCUT2D eigenvalue weighted by Gasteiger charge is -2.22. The van der Waals surface area contributed by atoms with Crippen molar-refractivity contribution in [2.45, 2.75) is 32.0 Å². The van der Waals surface area contributed by atoms with Crippen molar-refractivity contribution in [3.63, 3.8) is 0 Å². The van der Waals surface area contributed by atoms with Crippen molar-refractivity contribution >= 4 is 43.0 Å². The van der Waals surface area contributed by atoms with Crippen LogP contribution in [0.2, 0.25) is 0 Å². The monoisotopic (exact) mass is 323 g/mol. The summed E-state index contributed by atoms with van der Waals surface area (Å²) >= 11 is 7.81. The molecule has 0 fully saturated rings. The highest BCUT2D eigenvalue weighted by atomic mass is 32.1. The van der Waals surface area contributed by atoms with Gasteiger partial charge < -0.3 is 21.5 Å². The molecule has 116 valence electrons. The first-order valence-electron chi connectivity index (χ1n) is 6.05. The molecule has 0 aromatic carbocycles. The Hall–Kier alpha value is -0.930. The van der Waals surface area contributed by atoms with E-state index in [1.54, 1.807) is 13.8 Å². The molecule has 0 spiro atoms. The van der Waals surface area contributed by atoms with Gasteiger partial charge in [0, 0.05) is 11.5 Å². The highest BCUT2D eigenvalue weighted by molar-refractivity contribution is 7.80. The van der Waals surface area contributed by atoms with Gasteiger partial charge in [-0.3, -0.25) is 9.59 Å². The van der Waals surface area contributed by atoms with Gasteiger partial charge in [-0.05, 0) is 5.92 Å². The number of carboxylic acid groups (broad SMARTS) is 1. The van der Waals surface area contributed by atoms with Crippen LogP contribution in [0.1, 0.15) is 13.8 Å². The molecule has 0 aliphatic rings. The van der Waals surface area contributed by atoms with Crippen molar-refractivity contribution < 1.29 is 19.5 Å². The number of carbonyl (C=O) groups excluding carboxylic acids is 2. The number of aliphatic carboxylic acids is 1. The fourth-order valence-electron chi connectivity index (χ4n) is 1.22. The molecule has 20 heavy (non-hydrogen) atoms. The summed E-state index contributed by atoms with van der Waals surface area (Å²) in [6, 6.07) is -2.81. The normalized spacial score (nSPS) is 15.3. The quantitative estimate of drug-likeness (QED) is 0.316. The predicted octanol–water partition coefficient (Wildman–Crippen LogP) is -1.12. The van der Waals surface area contributed by atoms with Crippen LogP contribution >= 0.6 is 25.3 Å². The molecule has 0 saturated heterocycles. The summed E-state index contributed by atoms with van der Waals surface area (Å²) in [5.41, 5.74) is 5.66. The molecule has 3 atom stereocenters. The molecular formula is C11H21N3O4S2. The smallest absolute Gasteiger partial charge is 0.327 e. The van der Waals surface area contributed by atoms with Crippen molar-refractivity contribution in [2.24, 2.45) is 11.7 Å². The van der Waals surface area contributed by atoms with Crippen LogP contribution in [0.15, 0.2) is 0 Å². The molecule has 0 bridgehead atoms. The van der Waals surface area contributed by atoms with Crippen LogP contribution in [0.3, 0.4) is 0 Å². The van der Waals surface area contributed by atoms with Gasteiger partial charge in [0.15, 0.2) is 0 Å². The lowest BCUT2D eigenvalue weighted by Crippen LogP contribution is -2.56. The minimum Gasteiger partial charge on any atom is -0.480 e. The van der Waals surface area contributed by atoms with Gasteiger partial charge in [0.05, 0.1) is 6.04 Å². The number of carbonyl (C=O) groups is 3. The Balaban J connectivity index is 4.64. The van der Waals surface area contributed by atoms with E-state index in [9.17, 15) is 14.4 Å². The number of hydrogen-bond donors (Lipinski definition) is 6. The fraction of sp³-hybridized carbons (Fsp3) is 0.727. The first-order valence-corrected chi connectivity index (χ1v) is 7.31. The van der Waals surface area contributed by atoms with Gasteiger partial charge in [0.25, 0.3) is 0 Å². The van der Waals surface area contributed by atoms with Crippen LogP contribution in [0, 0.1) is 5.92 Å². The van der Waals surface area contributed by atoms with Gasteiger partial charge in [-0.15, -0.1) is 0 Å². The molecule has 2 amide bonds. The number of carboxylic acids is 1. The van der Waals surface area contributed by atoms with E-state index >= 15 is 0 Å². The number of thiol groups is 2. The van der Waals surface area contributed by atoms with Gasteiger partial charge in [0.2, 0.25) is 11.8 Å². The Morgan fingerprint density at radius 3 is 1.85 bits per heavy atom. The molecule has 3 unspecified atom stereocenters. The maximum atomic E-state index is 11.9. The second kappa shape index (κ2) is 9.09. The van der Waals surface area contributed by atoms with Crippen molar-refractivity contribution in [1.82, 2.24) is 10.6 Å². The Bertz CT molecular complexity index is 366. The second-order valence-corrected chi connectivity index (χ2v) is 5.33. The van der Waals surface area contributed by atoms with E-state index in [-0.39, 0.29) is 17.4 Å². The zero-order valence-corrected chi connectivity index (χ0v) is 13.2. The number of amides is 2. The SMILES string of the molecule is CC(C)C(N)C(=O)NC(CS)C(=O)NC(CS)C(=O)O. The summed E-state index contributed by atoms with van der Waals surface area (Å²) < 4.78 is 0. The Morgan fingerprint density at radius 1 is 1.05 bits per heavy atom. The number of hydrogen-bond acceptors (Lipinski definition) is 6. The van der Waals surface area contributed by atoms with Crippen LogP contribution in [-0.2, 0) is 14.4 Å². The Labute approximate surface area is 128 Å². The summed E-state index contributed by atoms with van der Waals surface area (Å²) in [6.07, 6.45) is 0. The zero-order chi connectivity index (χ0) is 15.9. The molecule has 0 rings (SSSR count). The van der Waals surface area contributed by atoms with Crippen LogP contribution in [0.4, 0.5) is 0 Å². The van der Waals surface area contributed by atoms with E-state index in [0.29, 0.717) is 0 Å². The Kier molecular flexibility index (Phi) is 8.67. The van der Waals surface area contributed by atoms with Crippen LogP contribution < -0.4 is 16.4 Å². The van der Waals surface area contributed by atoms with Gasteiger partial charge in [-0.25, -0.2) is 4.79 Å². The third-order valence-electron chi connectivity index (χ3n) is 2.63.